The number of hydrogen-bond donors (Lipinski definition) is 1. The van der Waals surface area contributed by atoms with Crippen LogP contribution in [0.5, 0.6) is 0 Å². The number of rotatable bonds is 4. The molecule has 3 rings (SSSR count). The van der Waals surface area contributed by atoms with E-state index in [9.17, 15) is 4.79 Å². The topological polar surface area (TPSA) is 70.8 Å². The summed E-state index contributed by atoms with van der Waals surface area (Å²) in [5, 5.41) is 4.24. The average Bonchev–Trinajstić information content (AvgIpc) is 3.07. The molecule has 0 aliphatic carbocycles. The predicted octanol–water partition coefficient (Wildman–Crippen LogP) is 1.77. The molecule has 110 valence electrons. The van der Waals surface area contributed by atoms with Gasteiger partial charge in [0.2, 0.25) is 0 Å². The van der Waals surface area contributed by atoms with Crippen LogP contribution < -0.4 is 11.4 Å². The summed E-state index contributed by atoms with van der Waals surface area (Å²) in [7, 11) is 1.79. The van der Waals surface area contributed by atoms with Gasteiger partial charge in [-0.05, 0) is 37.6 Å². The summed E-state index contributed by atoms with van der Waals surface area (Å²) in [5.41, 5.74) is 8.29. The van der Waals surface area contributed by atoms with Crippen LogP contribution >= 0.6 is 0 Å². The number of nitrogens with two attached hydrogens (primary N) is 1. The molecule has 0 aliphatic heterocycles. The molecule has 0 fully saturated rings. The number of anilines is 1. The Morgan fingerprint density at radius 2 is 2.14 bits per heavy atom. The number of fused-ring (bicyclic) bond motifs is 1. The van der Waals surface area contributed by atoms with Crippen molar-refractivity contribution in [2.24, 2.45) is 7.05 Å². The summed E-state index contributed by atoms with van der Waals surface area (Å²) in [4.78, 5) is 12.4. The zero-order valence-electron chi connectivity index (χ0n) is 12.2. The minimum Gasteiger partial charge on any atom is -0.399 e. The van der Waals surface area contributed by atoms with Crippen LogP contribution in [0.1, 0.15) is 19.4 Å². The van der Waals surface area contributed by atoms with Crippen LogP contribution in [0.4, 0.5) is 5.69 Å². The van der Waals surface area contributed by atoms with Crippen LogP contribution in [0.2, 0.25) is 0 Å². The molecule has 0 aliphatic rings. The summed E-state index contributed by atoms with van der Waals surface area (Å²) < 4.78 is 5.35. The van der Waals surface area contributed by atoms with E-state index < -0.39 is 0 Å². The molecule has 2 N–H and O–H groups in total. The van der Waals surface area contributed by atoms with E-state index in [4.69, 9.17) is 5.73 Å². The summed E-state index contributed by atoms with van der Waals surface area (Å²) in [6.07, 6.45) is 4.53. The van der Waals surface area contributed by atoms with Crippen LogP contribution in [0, 0.1) is 0 Å². The van der Waals surface area contributed by atoms with Gasteiger partial charge in [-0.2, -0.15) is 5.10 Å². The molecule has 1 unspecified atom stereocenters. The Balaban J connectivity index is 1.92. The predicted molar refractivity (Wildman–Crippen MR) is 83.1 cm³/mol. The molecular weight excluding hydrogens is 266 g/mol. The van der Waals surface area contributed by atoms with Gasteiger partial charge in [-0.3, -0.25) is 13.8 Å². The zero-order chi connectivity index (χ0) is 15.0. The van der Waals surface area contributed by atoms with Gasteiger partial charge in [-0.25, -0.2) is 4.79 Å². The molecule has 2 aromatic heterocycles. The molecule has 6 nitrogen and oxygen atoms in total. The maximum absolute atomic E-state index is 12.4. The first-order chi connectivity index (χ1) is 10.1. The van der Waals surface area contributed by atoms with Crippen LogP contribution in [-0.4, -0.2) is 18.9 Å². The van der Waals surface area contributed by atoms with Crippen LogP contribution in [-0.2, 0) is 13.6 Å². The van der Waals surface area contributed by atoms with Crippen LogP contribution in [0.3, 0.4) is 0 Å². The number of benzene rings is 1. The highest BCUT2D eigenvalue weighted by molar-refractivity contribution is 5.79. The molecule has 0 spiro atoms. The summed E-state index contributed by atoms with van der Waals surface area (Å²) >= 11 is 0. The number of hydrogen-bond acceptors (Lipinski definition) is 3. The van der Waals surface area contributed by atoms with Gasteiger partial charge in [-0.1, -0.05) is 0 Å². The van der Waals surface area contributed by atoms with E-state index in [-0.39, 0.29) is 11.7 Å². The van der Waals surface area contributed by atoms with Gasteiger partial charge >= 0.3 is 5.69 Å². The van der Waals surface area contributed by atoms with Crippen molar-refractivity contribution < 1.29 is 0 Å². The van der Waals surface area contributed by atoms with Gasteiger partial charge in [0.25, 0.3) is 0 Å². The van der Waals surface area contributed by atoms with E-state index in [0.717, 1.165) is 17.5 Å². The Kier molecular flexibility index (Phi) is 3.29. The number of nitrogen functional groups attached to an aromatic ring is 1. The Morgan fingerprint density at radius 3 is 2.86 bits per heavy atom. The molecule has 2 heterocycles. The van der Waals surface area contributed by atoms with Crippen LogP contribution in [0.15, 0.2) is 41.5 Å². The minimum atomic E-state index is -0.0109. The molecule has 21 heavy (non-hydrogen) atoms. The number of nitrogens with zero attached hydrogens (tertiary/aromatic N) is 4. The molecule has 0 saturated heterocycles. The van der Waals surface area contributed by atoms with Crippen molar-refractivity contribution >= 4 is 16.7 Å². The third-order valence-electron chi connectivity index (χ3n) is 3.92. The highest BCUT2D eigenvalue weighted by atomic mass is 16.1. The van der Waals surface area contributed by atoms with Crippen molar-refractivity contribution in [3.63, 3.8) is 0 Å². The van der Waals surface area contributed by atoms with Gasteiger partial charge in [-0.15, -0.1) is 0 Å². The number of aryl methyl sites for hydroxylation is 2. The van der Waals surface area contributed by atoms with E-state index in [1.54, 1.807) is 22.4 Å². The summed E-state index contributed by atoms with van der Waals surface area (Å²) in [6.45, 7) is 2.73. The highest BCUT2D eigenvalue weighted by Gasteiger charge is 2.12. The van der Waals surface area contributed by atoms with Crippen molar-refractivity contribution in [2.75, 3.05) is 5.73 Å². The molecule has 0 saturated carbocycles. The van der Waals surface area contributed by atoms with Gasteiger partial charge in [0.05, 0.1) is 17.1 Å². The zero-order valence-corrected chi connectivity index (χ0v) is 12.2. The Bertz CT molecular complexity index is 813. The average molecular weight is 285 g/mol. The normalized spacial score (nSPS) is 12.9. The molecule has 3 aromatic rings. The third-order valence-corrected chi connectivity index (χ3v) is 3.92. The fraction of sp³-hybridized carbons (Fsp3) is 0.333. The Hall–Kier alpha value is -2.50. The van der Waals surface area contributed by atoms with Crippen molar-refractivity contribution in [1.29, 1.82) is 0 Å². The third kappa shape index (κ3) is 2.33. The summed E-state index contributed by atoms with van der Waals surface area (Å²) in [6, 6.07) is 7.71. The molecule has 0 amide bonds. The fourth-order valence-electron chi connectivity index (χ4n) is 2.63. The van der Waals surface area contributed by atoms with E-state index in [2.05, 4.69) is 12.0 Å². The Labute approximate surface area is 122 Å². The first kappa shape index (κ1) is 13.5. The number of aromatic nitrogens is 4. The van der Waals surface area contributed by atoms with Gasteiger partial charge in [0.1, 0.15) is 0 Å². The van der Waals surface area contributed by atoms with Crippen molar-refractivity contribution in [3.05, 3.63) is 47.1 Å². The second-order valence-corrected chi connectivity index (χ2v) is 5.37. The minimum absolute atomic E-state index is 0.0109. The molecule has 0 bridgehead atoms. The lowest BCUT2D eigenvalue weighted by Crippen LogP contribution is -2.23. The van der Waals surface area contributed by atoms with E-state index in [1.165, 1.54) is 0 Å². The molecular formula is C15H19N5O. The van der Waals surface area contributed by atoms with Gasteiger partial charge < -0.3 is 5.73 Å². The second-order valence-electron chi connectivity index (χ2n) is 5.37. The maximum atomic E-state index is 12.4. The molecule has 0 radical (unpaired) electrons. The first-order valence-corrected chi connectivity index (χ1v) is 7.02. The SMILES string of the molecule is CC(CCn1c(=O)n(C)c2ccc(N)cc21)n1cccn1. The molecule has 1 atom stereocenters. The quantitative estimate of drug-likeness (QED) is 0.743. The Morgan fingerprint density at radius 1 is 1.33 bits per heavy atom. The standard InChI is InChI=1S/C15H19N5O/c1-11(20-8-3-7-17-20)6-9-19-14-10-12(16)4-5-13(14)18(2)15(19)21/h3-5,7-8,10-11H,6,9,16H2,1-2H3. The molecule has 6 heteroatoms. The van der Waals surface area contributed by atoms with E-state index in [0.29, 0.717) is 12.2 Å². The fourth-order valence-corrected chi connectivity index (χ4v) is 2.63. The van der Waals surface area contributed by atoms with Crippen molar-refractivity contribution in [2.45, 2.75) is 25.9 Å². The van der Waals surface area contributed by atoms with Gasteiger partial charge in [0, 0.05) is 31.7 Å². The lowest BCUT2D eigenvalue weighted by atomic mass is 10.2. The smallest absolute Gasteiger partial charge is 0.328 e. The lowest BCUT2D eigenvalue weighted by molar-refractivity contribution is 0.427. The molecule has 1 aromatic carbocycles. The summed E-state index contributed by atoms with van der Waals surface area (Å²) in [5.74, 6) is 0. The maximum Gasteiger partial charge on any atom is 0.328 e. The van der Waals surface area contributed by atoms with E-state index in [1.807, 2.05) is 35.1 Å². The second kappa shape index (κ2) is 5.12. The first-order valence-electron chi connectivity index (χ1n) is 7.02. The van der Waals surface area contributed by atoms with Crippen LogP contribution in [0.25, 0.3) is 11.0 Å². The highest BCUT2D eigenvalue weighted by Crippen LogP contribution is 2.18. The number of imidazole rings is 1. The monoisotopic (exact) mass is 285 g/mol. The van der Waals surface area contributed by atoms with Gasteiger partial charge in [0.15, 0.2) is 0 Å². The van der Waals surface area contributed by atoms with Crippen molar-refractivity contribution in [1.82, 2.24) is 18.9 Å². The largest absolute Gasteiger partial charge is 0.399 e. The van der Waals surface area contributed by atoms with E-state index >= 15 is 0 Å². The lowest BCUT2D eigenvalue weighted by Gasteiger charge is -2.12. The van der Waals surface area contributed by atoms with Crippen molar-refractivity contribution in [3.8, 4) is 0 Å².